The van der Waals surface area contributed by atoms with Gasteiger partial charge in [0.05, 0.1) is 5.69 Å². The number of benzene rings is 1. The summed E-state index contributed by atoms with van der Waals surface area (Å²) in [6.07, 6.45) is 2.91. The van der Waals surface area contributed by atoms with Crippen LogP contribution in [0.3, 0.4) is 0 Å². The predicted octanol–water partition coefficient (Wildman–Crippen LogP) is 0.379. The molecule has 0 heterocycles. The van der Waals surface area contributed by atoms with Gasteiger partial charge in [-0.25, -0.2) is 5.84 Å². The van der Waals surface area contributed by atoms with E-state index in [4.69, 9.17) is 17.3 Å². The molecule has 0 aliphatic carbocycles. The zero-order valence-electron chi connectivity index (χ0n) is 6.64. The number of nitrogens with two attached hydrogens (primary N) is 3. The fourth-order valence-corrected chi connectivity index (χ4v) is 0.864. The molecule has 0 unspecified atom stereocenters. The quantitative estimate of drug-likeness (QED) is 0.335. The molecular weight excluding hydrogens is 152 g/mol. The second kappa shape index (κ2) is 3.64. The van der Waals surface area contributed by atoms with Crippen molar-refractivity contribution < 1.29 is 0 Å². The maximum absolute atomic E-state index is 5.59. The topological polar surface area (TPSA) is 81.3 Å². The molecule has 0 radical (unpaired) electrons. The monoisotopic (exact) mass is 164 g/mol. The maximum Gasteiger partial charge on any atom is 0.0589 e. The van der Waals surface area contributed by atoms with Crippen molar-refractivity contribution in [2.24, 2.45) is 11.6 Å². The average molecular weight is 164 g/mol. The Morgan fingerprint density at radius 3 is 2.67 bits per heavy atom. The van der Waals surface area contributed by atoms with Crippen molar-refractivity contribution in [3.63, 3.8) is 0 Å². The SMILES string of the molecule is N/C=C\N(N)c1cccc(N)c1. The van der Waals surface area contributed by atoms with Crippen LogP contribution in [-0.2, 0) is 0 Å². The summed E-state index contributed by atoms with van der Waals surface area (Å²) in [5, 5.41) is 1.40. The Balaban J connectivity index is 2.87. The summed E-state index contributed by atoms with van der Waals surface area (Å²) in [6.45, 7) is 0. The molecule has 0 aromatic heterocycles. The lowest BCUT2D eigenvalue weighted by Crippen LogP contribution is -2.24. The highest BCUT2D eigenvalue weighted by molar-refractivity contribution is 5.56. The van der Waals surface area contributed by atoms with Gasteiger partial charge in [-0.15, -0.1) is 0 Å². The van der Waals surface area contributed by atoms with Crippen molar-refractivity contribution in [1.29, 1.82) is 0 Å². The minimum atomic E-state index is 0.674. The van der Waals surface area contributed by atoms with E-state index in [0.717, 1.165) is 5.69 Å². The largest absolute Gasteiger partial charge is 0.403 e. The molecule has 6 N–H and O–H groups in total. The van der Waals surface area contributed by atoms with Gasteiger partial charge < -0.3 is 11.5 Å². The number of hydrogen-bond donors (Lipinski definition) is 3. The van der Waals surface area contributed by atoms with Gasteiger partial charge in [0.2, 0.25) is 0 Å². The normalized spacial score (nSPS) is 10.4. The van der Waals surface area contributed by atoms with E-state index in [1.807, 2.05) is 12.1 Å². The Labute approximate surface area is 71.2 Å². The van der Waals surface area contributed by atoms with E-state index in [0.29, 0.717) is 5.69 Å². The van der Waals surface area contributed by atoms with Crippen LogP contribution in [0, 0.1) is 0 Å². The molecule has 1 aromatic rings. The lowest BCUT2D eigenvalue weighted by atomic mass is 10.3. The number of rotatable bonds is 2. The Morgan fingerprint density at radius 2 is 2.08 bits per heavy atom. The van der Waals surface area contributed by atoms with E-state index in [9.17, 15) is 0 Å². The Morgan fingerprint density at radius 1 is 1.33 bits per heavy atom. The zero-order chi connectivity index (χ0) is 8.97. The van der Waals surface area contributed by atoms with E-state index in [1.54, 1.807) is 18.3 Å². The van der Waals surface area contributed by atoms with Crippen molar-refractivity contribution >= 4 is 11.4 Å². The molecule has 12 heavy (non-hydrogen) atoms. The van der Waals surface area contributed by atoms with Gasteiger partial charge in [0.1, 0.15) is 0 Å². The Kier molecular flexibility index (Phi) is 2.55. The Bertz CT molecular complexity index is 282. The number of nitrogens with zero attached hydrogens (tertiary/aromatic N) is 1. The summed E-state index contributed by atoms with van der Waals surface area (Å²) < 4.78 is 0. The van der Waals surface area contributed by atoms with Crippen molar-refractivity contribution in [2.45, 2.75) is 0 Å². The predicted molar refractivity (Wildman–Crippen MR) is 50.8 cm³/mol. The van der Waals surface area contributed by atoms with Crippen LogP contribution in [0.2, 0.25) is 0 Å². The molecule has 0 spiro atoms. The third-order valence-corrected chi connectivity index (χ3v) is 1.42. The molecule has 4 heteroatoms. The highest BCUT2D eigenvalue weighted by Gasteiger charge is 1.95. The van der Waals surface area contributed by atoms with E-state index in [-0.39, 0.29) is 0 Å². The summed E-state index contributed by atoms with van der Waals surface area (Å²) in [5.74, 6) is 5.59. The van der Waals surface area contributed by atoms with Crippen LogP contribution >= 0.6 is 0 Å². The van der Waals surface area contributed by atoms with Crippen LogP contribution in [0.15, 0.2) is 36.7 Å². The smallest absolute Gasteiger partial charge is 0.0589 e. The lowest BCUT2D eigenvalue weighted by molar-refractivity contribution is 1.07. The minimum Gasteiger partial charge on any atom is -0.403 e. The van der Waals surface area contributed by atoms with Crippen molar-refractivity contribution in [3.8, 4) is 0 Å². The van der Waals surface area contributed by atoms with Gasteiger partial charge in [0, 0.05) is 18.1 Å². The standard InChI is InChI=1S/C8H12N4/c9-4-5-12(11)8-3-1-2-7(10)6-8/h1-6H,9-11H2/b5-4-. The van der Waals surface area contributed by atoms with Gasteiger partial charge in [-0.2, -0.15) is 0 Å². The lowest BCUT2D eigenvalue weighted by Gasteiger charge is -2.12. The van der Waals surface area contributed by atoms with Gasteiger partial charge in [-0.05, 0) is 18.2 Å². The minimum absolute atomic E-state index is 0.674. The first kappa shape index (κ1) is 8.42. The highest BCUT2D eigenvalue weighted by Crippen LogP contribution is 2.14. The van der Waals surface area contributed by atoms with Crippen LogP contribution in [0.4, 0.5) is 11.4 Å². The second-order valence-electron chi connectivity index (χ2n) is 2.34. The number of anilines is 2. The van der Waals surface area contributed by atoms with E-state index in [1.165, 1.54) is 11.2 Å². The molecule has 0 aliphatic rings. The number of hydrogen-bond acceptors (Lipinski definition) is 4. The fraction of sp³-hybridized carbons (Fsp3) is 0. The van der Waals surface area contributed by atoms with Crippen molar-refractivity contribution in [3.05, 3.63) is 36.7 Å². The molecule has 0 aliphatic heterocycles. The van der Waals surface area contributed by atoms with Gasteiger partial charge in [-0.3, -0.25) is 5.01 Å². The first-order valence-electron chi connectivity index (χ1n) is 3.52. The Hall–Kier alpha value is -1.68. The summed E-state index contributed by atoms with van der Waals surface area (Å²) in [7, 11) is 0. The third kappa shape index (κ3) is 1.90. The van der Waals surface area contributed by atoms with Crippen LogP contribution in [0.5, 0.6) is 0 Å². The van der Waals surface area contributed by atoms with E-state index in [2.05, 4.69) is 0 Å². The fourth-order valence-electron chi connectivity index (χ4n) is 0.864. The van der Waals surface area contributed by atoms with Crippen molar-refractivity contribution in [1.82, 2.24) is 0 Å². The molecule has 4 nitrogen and oxygen atoms in total. The molecule has 0 bridgehead atoms. The number of hydrazine groups is 1. The van der Waals surface area contributed by atoms with Gasteiger partial charge in [-0.1, -0.05) is 6.07 Å². The van der Waals surface area contributed by atoms with Gasteiger partial charge in [0.15, 0.2) is 0 Å². The summed E-state index contributed by atoms with van der Waals surface area (Å²) in [6, 6.07) is 7.23. The molecule has 0 saturated heterocycles. The van der Waals surface area contributed by atoms with Gasteiger partial charge in [0.25, 0.3) is 0 Å². The van der Waals surface area contributed by atoms with Gasteiger partial charge >= 0.3 is 0 Å². The third-order valence-electron chi connectivity index (χ3n) is 1.42. The van der Waals surface area contributed by atoms with Crippen LogP contribution in [0.1, 0.15) is 0 Å². The summed E-state index contributed by atoms with van der Waals surface area (Å²) in [5.41, 5.74) is 12.2. The second-order valence-corrected chi connectivity index (χ2v) is 2.34. The summed E-state index contributed by atoms with van der Waals surface area (Å²) in [4.78, 5) is 0. The first-order valence-corrected chi connectivity index (χ1v) is 3.52. The maximum atomic E-state index is 5.59. The van der Waals surface area contributed by atoms with Crippen molar-refractivity contribution in [2.75, 3.05) is 10.7 Å². The average Bonchev–Trinajstić information content (AvgIpc) is 2.05. The van der Waals surface area contributed by atoms with E-state index < -0.39 is 0 Å². The highest BCUT2D eigenvalue weighted by atomic mass is 15.4. The molecule has 0 atom stereocenters. The first-order chi connectivity index (χ1) is 5.74. The van der Waals surface area contributed by atoms with E-state index >= 15 is 0 Å². The van der Waals surface area contributed by atoms with Crippen LogP contribution in [-0.4, -0.2) is 0 Å². The molecule has 0 fully saturated rings. The molecule has 64 valence electrons. The molecular formula is C8H12N4. The summed E-state index contributed by atoms with van der Waals surface area (Å²) >= 11 is 0. The van der Waals surface area contributed by atoms with Crippen LogP contribution in [0.25, 0.3) is 0 Å². The molecule has 1 rings (SSSR count). The van der Waals surface area contributed by atoms with Crippen LogP contribution < -0.4 is 22.3 Å². The molecule has 0 amide bonds. The molecule has 0 saturated carbocycles. The zero-order valence-corrected chi connectivity index (χ0v) is 6.64. The number of nitrogen functional groups attached to an aromatic ring is 1. The molecule has 1 aromatic carbocycles.